The predicted octanol–water partition coefficient (Wildman–Crippen LogP) is 0.479. The molecule has 1 heterocycles. The number of ketones is 1. The monoisotopic (exact) mass is 201 g/mol. The molecule has 0 aromatic rings. The first-order chi connectivity index (χ1) is 6.65. The zero-order valence-electron chi connectivity index (χ0n) is 8.41. The number of ether oxygens (including phenoxy) is 2. The van der Waals surface area contributed by atoms with Gasteiger partial charge in [0.1, 0.15) is 6.04 Å². The van der Waals surface area contributed by atoms with Gasteiger partial charge in [0.05, 0.1) is 13.2 Å². The van der Waals surface area contributed by atoms with Gasteiger partial charge in [-0.05, 0) is 19.8 Å². The zero-order chi connectivity index (χ0) is 10.6. The maximum atomic E-state index is 11.2. The van der Waals surface area contributed by atoms with E-state index in [1.807, 2.05) is 0 Å². The van der Waals surface area contributed by atoms with Crippen LogP contribution in [-0.2, 0) is 14.3 Å². The molecule has 0 spiro atoms. The third-order valence-electron chi connectivity index (χ3n) is 2.23. The Hall–Kier alpha value is -1.10. The Morgan fingerprint density at radius 1 is 1.57 bits per heavy atom. The Labute approximate surface area is 82.8 Å². The third kappa shape index (κ3) is 2.70. The fraction of sp³-hybridized carbons (Fsp3) is 0.778. The summed E-state index contributed by atoms with van der Waals surface area (Å²) in [6, 6.07) is -0.579. The summed E-state index contributed by atoms with van der Waals surface area (Å²) < 4.78 is 9.76. The van der Waals surface area contributed by atoms with Crippen LogP contribution in [0, 0.1) is 0 Å². The lowest BCUT2D eigenvalue weighted by molar-refractivity contribution is -0.121. The van der Waals surface area contributed by atoms with Crippen LogP contribution >= 0.6 is 0 Å². The van der Waals surface area contributed by atoms with E-state index in [9.17, 15) is 9.59 Å². The highest BCUT2D eigenvalue weighted by Crippen LogP contribution is 2.16. The molecule has 0 bridgehead atoms. The van der Waals surface area contributed by atoms with E-state index in [2.05, 4.69) is 10.1 Å². The molecule has 1 rings (SSSR count). The molecule has 80 valence electrons. The van der Waals surface area contributed by atoms with Crippen molar-refractivity contribution in [3.8, 4) is 0 Å². The van der Waals surface area contributed by atoms with E-state index in [1.54, 1.807) is 0 Å². The highest BCUT2D eigenvalue weighted by Gasteiger charge is 2.30. The van der Waals surface area contributed by atoms with Gasteiger partial charge in [0, 0.05) is 6.61 Å². The molecule has 2 atom stereocenters. The van der Waals surface area contributed by atoms with Crippen LogP contribution in [0.15, 0.2) is 0 Å². The fourth-order valence-corrected chi connectivity index (χ4v) is 1.51. The Balaban J connectivity index is 2.54. The Morgan fingerprint density at radius 2 is 2.29 bits per heavy atom. The molecule has 14 heavy (non-hydrogen) atoms. The van der Waals surface area contributed by atoms with Crippen LogP contribution in [0.25, 0.3) is 0 Å². The standard InChI is InChI=1S/C9H15NO4/c1-6(11)8(10-9(12)13-2)7-4-3-5-14-7/h7-8H,3-5H2,1-2H3,(H,10,12)/t7?,8-/m1/s1. The molecule has 1 saturated heterocycles. The minimum atomic E-state index is -0.597. The van der Waals surface area contributed by atoms with Gasteiger partial charge in [-0.15, -0.1) is 0 Å². The minimum absolute atomic E-state index is 0.109. The molecule has 1 fully saturated rings. The van der Waals surface area contributed by atoms with Crippen molar-refractivity contribution < 1.29 is 19.1 Å². The van der Waals surface area contributed by atoms with E-state index >= 15 is 0 Å². The van der Waals surface area contributed by atoms with Crippen LogP contribution in [-0.4, -0.2) is 37.7 Å². The molecule has 5 nitrogen and oxygen atoms in total. The number of rotatable bonds is 3. The summed E-state index contributed by atoms with van der Waals surface area (Å²) in [5, 5.41) is 2.47. The number of nitrogens with one attached hydrogen (secondary N) is 1. The molecule has 0 aromatic carbocycles. The lowest BCUT2D eigenvalue weighted by atomic mass is 10.1. The number of hydrogen-bond acceptors (Lipinski definition) is 4. The van der Waals surface area contributed by atoms with Crippen molar-refractivity contribution in [1.82, 2.24) is 5.32 Å². The molecule has 1 unspecified atom stereocenters. The Kier molecular flexibility index (Phi) is 3.88. The van der Waals surface area contributed by atoms with E-state index in [4.69, 9.17) is 4.74 Å². The van der Waals surface area contributed by atoms with Crippen molar-refractivity contribution >= 4 is 11.9 Å². The SMILES string of the molecule is COC(=O)N[C@H](C(C)=O)C1CCCO1. The van der Waals surface area contributed by atoms with E-state index in [1.165, 1.54) is 14.0 Å². The highest BCUT2D eigenvalue weighted by atomic mass is 16.5. The van der Waals surface area contributed by atoms with Gasteiger partial charge in [-0.3, -0.25) is 4.79 Å². The zero-order valence-corrected chi connectivity index (χ0v) is 8.41. The smallest absolute Gasteiger partial charge is 0.407 e. The number of hydrogen-bond donors (Lipinski definition) is 1. The normalized spacial score (nSPS) is 22.9. The summed E-state index contributed by atoms with van der Waals surface area (Å²) in [6.07, 6.45) is 0.929. The van der Waals surface area contributed by atoms with Crippen molar-refractivity contribution in [3.63, 3.8) is 0 Å². The van der Waals surface area contributed by atoms with E-state index in [0.717, 1.165) is 12.8 Å². The first-order valence-electron chi connectivity index (χ1n) is 4.61. The van der Waals surface area contributed by atoms with Crippen LogP contribution in [0.4, 0.5) is 4.79 Å². The lowest BCUT2D eigenvalue weighted by Crippen LogP contribution is -2.47. The van der Waals surface area contributed by atoms with Crippen LogP contribution in [0.5, 0.6) is 0 Å². The van der Waals surface area contributed by atoms with Gasteiger partial charge in [0.25, 0.3) is 0 Å². The van der Waals surface area contributed by atoms with Gasteiger partial charge in [0.15, 0.2) is 5.78 Å². The van der Waals surface area contributed by atoms with Crippen LogP contribution in [0.2, 0.25) is 0 Å². The van der Waals surface area contributed by atoms with Crippen molar-refractivity contribution in [2.75, 3.05) is 13.7 Å². The number of Topliss-reactive ketones (excluding diaryl/α,β-unsaturated/α-hetero) is 1. The molecule has 1 N–H and O–H groups in total. The molecule has 5 heteroatoms. The number of alkyl carbamates (subject to hydrolysis) is 1. The quantitative estimate of drug-likeness (QED) is 0.721. The second-order valence-corrected chi connectivity index (χ2v) is 3.28. The van der Waals surface area contributed by atoms with Crippen LogP contribution < -0.4 is 5.32 Å². The summed E-state index contributed by atoms with van der Waals surface area (Å²) in [7, 11) is 1.27. The third-order valence-corrected chi connectivity index (χ3v) is 2.23. The largest absolute Gasteiger partial charge is 0.453 e. The lowest BCUT2D eigenvalue weighted by Gasteiger charge is -2.20. The Bertz CT molecular complexity index is 223. The number of methoxy groups -OCH3 is 1. The molecular weight excluding hydrogens is 186 g/mol. The first kappa shape index (κ1) is 11.0. The van der Waals surface area contributed by atoms with Crippen molar-refractivity contribution in [2.24, 2.45) is 0 Å². The first-order valence-corrected chi connectivity index (χ1v) is 4.61. The van der Waals surface area contributed by atoms with Crippen LogP contribution in [0.3, 0.4) is 0 Å². The minimum Gasteiger partial charge on any atom is -0.453 e. The van der Waals surface area contributed by atoms with E-state index < -0.39 is 12.1 Å². The van der Waals surface area contributed by atoms with E-state index in [-0.39, 0.29) is 11.9 Å². The summed E-state index contributed by atoms with van der Waals surface area (Å²) >= 11 is 0. The maximum Gasteiger partial charge on any atom is 0.407 e. The topological polar surface area (TPSA) is 64.6 Å². The second-order valence-electron chi connectivity index (χ2n) is 3.28. The van der Waals surface area contributed by atoms with Gasteiger partial charge >= 0.3 is 6.09 Å². The fourth-order valence-electron chi connectivity index (χ4n) is 1.51. The van der Waals surface area contributed by atoms with Gasteiger partial charge in [-0.25, -0.2) is 4.79 Å². The maximum absolute atomic E-state index is 11.2. The molecule has 0 aromatic heterocycles. The van der Waals surface area contributed by atoms with Crippen molar-refractivity contribution in [1.29, 1.82) is 0 Å². The molecular formula is C9H15NO4. The van der Waals surface area contributed by atoms with E-state index in [0.29, 0.717) is 6.61 Å². The Morgan fingerprint density at radius 3 is 2.71 bits per heavy atom. The highest BCUT2D eigenvalue weighted by molar-refractivity contribution is 5.86. The number of carbonyl (C=O) groups is 2. The summed E-state index contributed by atoms with van der Waals surface area (Å²) in [5.41, 5.74) is 0. The number of carbonyl (C=O) groups excluding carboxylic acids is 2. The molecule has 0 saturated carbocycles. The summed E-state index contributed by atoms with van der Waals surface area (Å²) in [5.74, 6) is -0.109. The molecule has 0 aliphatic carbocycles. The van der Waals surface area contributed by atoms with Gasteiger partial charge in [-0.2, -0.15) is 0 Å². The van der Waals surface area contributed by atoms with Crippen LogP contribution in [0.1, 0.15) is 19.8 Å². The van der Waals surface area contributed by atoms with Crippen molar-refractivity contribution in [2.45, 2.75) is 31.9 Å². The predicted molar refractivity (Wildman–Crippen MR) is 49.0 cm³/mol. The van der Waals surface area contributed by atoms with Gasteiger partial charge in [0.2, 0.25) is 0 Å². The summed E-state index contributed by atoms with van der Waals surface area (Å²) in [4.78, 5) is 22.2. The van der Waals surface area contributed by atoms with Gasteiger partial charge < -0.3 is 14.8 Å². The molecule has 0 radical (unpaired) electrons. The van der Waals surface area contributed by atoms with Crippen molar-refractivity contribution in [3.05, 3.63) is 0 Å². The average Bonchev–Trinajstić information content (AvgIpc) is 2.65. The van der Waals surface area contributed by atoms with Gasteiger partial charge in [-0.1, -0.05) is 0 Å². The second kappa shape index (κ2) is 4.95. The molecule has 1 aliphatic rings. The summed E-state index contributed by atoms with van der Waals surface area (Å²) in [6.45, 7) is 2.08. The number of amides is 1. The average molecular weight is 201 g/mol. The molecule has 1 aliphatic heterocycles. The molecule has 1 amide bonds.